The molecule has 0 radical (unpaired) electrons. The molecular weight excluding hydrogens is 310 g/mol. The van der Waals surface area contributed by atoms with E-state index in [1.54, 1.807) is 6.26 Å². The molecule has 1 heterocycles. The third-order valence-electron chi connectivity index (χ3n) is 3.05. The lowest BCUT2D eigenvalue weighted by Gasteiger charge is -2.42. The molecule has 1 fully saturated rings. The first-order valence-electron chi connectivity index (χ1n) is 6.22. The number of aliphatic imine (C=N–C) groups is 1. The molecule has 1 amide bonds. The number of hydrogen-bond acceptors (Lipinski definition) is 7. The van der Waals surface area contributed by atoms with Crippen LogP contribution in [0.5, 0.6) is 0 Å². The van der Waals surface area contributed by atoms with Crippen molar-refractivity contribution in [3.63, 3.8) is 0 Å². The third-order valence-corrected chi connectivity index (χ3v) is 4.17. The van der Waals surface area contributed by atoms with E-state index in [9.17, 15) is 19.7 Å². The van der Waals surface area contributed by atoms with Crippen LogP contribution in [-0.2, 0) is 14.3 Å². The molecule has 1 aliphatic heterocycles. The number of benzene rings is 1. The predicted molar refractivity (Wildman–Crippen MR) is 80.6 cm³/mol. The first-order chi connectivity index (χ1) is 10.4. The van der Waals surface area contributed by atoms with Crippen molar-refractivity contribution in [3.8, 4) is 0 Å². The van der Waals surface area contributed by atoms with Gasteiger partial charge in [0.1, 0.15) is 0 Å². The smallest absolute Gasteiger partial charge is 0.304 e. The van der Waals surface area contributed by atoms with E-state index in [-0.39, 0.29) is 11.6 Å². The molecule has 1 aliphatic rings. The largest absolute Gasteiger partial charge is 0.438 e. The normalized spacial score (nSPS) is 23.7. The Morgan fingerprint density at radius 2 is 2.14 bits per heavy atom. The summed E-state index contributed by atoms with van der Waals surface area (Å²) in [6.45, 7) is 1.25. The second-order valence-corrected chi connectivity index (χ2v) is 5.50. The van der Waals surface area contributed by atoms with Crippen LogP contribution >= 0.6 is 11.8 Å². The lowest BCUT2D eigenvalue weighted by molar-refractivity contribution is -0.384. The van der Waals surface area contributed by atoms with E-state index >= 15 is 0 Å². The molecule has 2 unspecified atom stereocenters. The molecular formula is C13H13N3O5S. The maximum absolute atomic E-state index is 11.8. The minimum atomic E-state index is -1.23. The minimum absolute atomic E-state index is 0.0316. The lowest BCUT2D eigenvalue weighted by Crippen LogP contribution is -2.70. The van der Waals surface area contributed by atoms with Crippen LogP contribution in [0.4, 0.5) is 5.69 Å². The average molecular weight is 323 g/mol. The van der Waals surface area contributed by atoms with E-state index in [1.807, 2.05) is 0 Å². The van der Waals surface area contributed by atoms with E-state index in [4.69, 9.17) is 4.74 Å². The average Bonchev–Trinajstić information content (AvgIpc) is 2.47. The van der Waals surface area contributed by atoms with Crippen molar-refractivity contribution in [3.05, 3.63) is 39.9 Å². The van der Waals surface area contributed by atoms with Crippen LogP contribution in [-0.4, -0.2) is 40.4 Å². The Hall–Kier alpha value is -2.42. The van der Waals surface area contributed by atoms with E-state index in [0.717, 1.165) is 11.8 Å². The first-order valence-corrected chi connectivity index (χ1v) is 7.44. The number of esters is 1. The number of carbonyl (C=O) groups is 2. The molecule has 9 heteroatoms. The number of hydrogen-bond donors (Lipinski definition) is 1. The van der Waals surface area contributed by atoms with E-state index in [2.05, 4.69) is 10.3 Å². The number of ether oxygens (including phenoxy) is 1. The number of β-lactam (4-membered cyclic amide) rings is 1. The van der Waals surface area contributed by atoms with Crippen molar-refractivity contribution in [2.24, 2.45) is 4.99 Å². The Balaban J connectivity index is 2.19. The van der Waals surface area contributed by atoms with Gasteiger partial charge in [-0.25, -0.2) is 0 Å². The molecule has 0 spiro atoms. The van der Waals surface area contributed by atoms with Gasteiger partial charge in [-0.2, -0.15) is 0 Å². The van der Waals surface area contributed by atoms with Crippen LogP contribution in [0, 0.1) is 10.1 Å². The van der Waals surface area contributed by atoms with Crippen molar-refractivity contribution in [1.82, 2.24) is 5.32 Å². The monoisotopic (exact) mass is 323 g/mol. The molecule has 2 atom stereocenters. The van der Waals surface area contributed by atoms with Crippen molar-refractivity contribution in [2.45, 2.75) is 18.0 Å². The van der Waals surface area contributed by atoms with Gasteiger partial charge in [-0.15, -0.1) is 11.8 Å². The SMILES string of the molecule is CSC1(N=Cc2ccc([N+](=O)[O-])cc2)C(=O)NC1OC(C)=O. The van der Waals surface area contributed by atoms with Crippen molar-refractivity contribution >= 4 is 35.5 Å². The summed E-state index contributed by atoms with van der Waals surface area (Å²) >= 11 is 1.15. The van der Waals surface area contributed by atoms with Gasteiger partial charge in [-0.05, 0) is 24.0 Å². The van der Waals surface area contributed by atoms with Crippen molar-refractivity contribution in [2.75, 3.05) is 6.26 Å². The quantitative estimate of drug-likeness (QED) is 0.285. The predicted octanol–water partition coefficient (Wildman–Crippen LogP) is 1.09. The highest BCUT2D eigenvalue weighted by atomic mass is 32.2. The van der Waals surface area contributed by atoms with Gasteiger partial charge in [0.25, 0.3) is 11.6 Å². The zero-order chi connectivity index (χ0) is 16.3. The highest BCUT2D eigenvalue weighted by molar-refractivity contribution is 8.00. The molecule has 0 aromatic heterocycles. The molecule has 1 aromatic rings. The first kappa shape index (κ1) is 16.0. The molecule has 1 saturated heterocycles. The molecule has 0 bridgehead atoms. The lowest BCUT2D eigenvalue weighted by atomic mass is 10.1. The van der Waals surface area contributed by atoms with Crippen LogP contribution in [0.15, 0.2) is 29.3 Å². The minimum Gasteiger partial charge on any atom is -0.438 e. The van der Waals surface area contributed by atoms with Crippen LogP contribution in [0.25, 0.3) is 0 Å². The van der Waals surface area contributed by atoms with Crippen LogP contribution < -0.4 is 5.32 Å². The van der Waals surface area contributed by atoms with Gasteiger partial charge in [0.15, 0.2) is 0 Å². The summed E-state index contributed by atoms with van der Waals surface area (Å²) in [4.78, 5) is 35.9. The Morgan fingerprint density at radius 3 is 2.59 bits per heavy atom. The summed E-state index contributed by atoms with van der Waals surface area (Å²) in [5, 5.41) is 13.1. The molecule has 1 aromatic carbocycles. The number of nitro benzene ring substituents is 1. The molecule has 0 saturated carbocycles. The zero-order valence-corrected chi connectivity index (χ0v) is 12.6. The summed E-state index contributed by atoms with van der Waals surface area (Å²) in [6, 6.07) is 5.73. The highest BCUT2D eigenvalue weighted by Gasteiger charge is 2.57. The highest BCUT2D eigenvalue weighted by Crippen LogP contribution is 2.36. The fourth-order valence-corrected chi connectivity index (χ4v) is 2.59. The van der Waals surface area contributed by atoms with E-state index in [1.165, 1.54) is 37.4 Å². The van der Waals surface area contributed by atoms with Crippen LogP contribution in [0.3, 0.4) is 0 Å². The van der Waals surface area contributed by atoms with Gasteiger partial charge < -0.3 is 10.1 Å². The number of nitrogens with one attached hydrogen (secondary N) is 1. The van der Waals surface area contributed by atoms with E-state index in [0.29, 0.717) is 5.56 Å². The van der Waals surface area contributed by atoms with E-state index < -0.39 is 22.0 Å². The number of amides is 1. The van der Waals surface area contributed by atoms with Crippen LogP contribution in [0.1, 0.15) is 12.5 Å². The van der Waals surface area contributed by atoms with Gasteiger partial charge in [0.05, 0.1) is 4.92 Å². The number of nitrogens with zero attached hydrogens (tertiary/aromatic N) is 2. The summed E-state index contributed by atoms with van der Waals surface area (Å²) in [5.74, 6) is -0.877. The fraction of sp³-hybridized carbons (Fsp3) is 0.308. The number of rotatable bonds is 5. The van der Waals surface area contributed by atoms with Crippen molar-refractivity contribution < 1.29 is 19.2 Å². The number of carbonyl (C=O) groups excluding carboxylic acids is 2. The Morgan fingerprint density at radius 1 is 1.50 bits per heavy atom. The van der Waals surface area contributed by atoms with Gasteiger partial charge in [-0.1, -0.05) is 0 Å². The second-order valence-electron chi connectivity index (χ2n) is 4.47. The Bertz CT molecular complexity index is 646. The molecule has 2 rings (SSSR count). The number of nitro groups is 1. The Kier molecular flexibility index (Phi) is 4.45. The van der Waals surface area contributed by atoms with Crippen LogP contribution in [0.2, 0.25) is 0 Å². The topological polar surface area (TPSA) is 111 Å². The molecule has 8 nitrogen and oxygen atoms in total. The summed E-state index contributed by atoms with van der Waals surface area (Å²) in [7, 11) is 0. The molecule has 116 valence electrons. The maximum atomic E-state index is 11.8. The molecule has 0 aliphatic carbocycles. The number of non-ortho nitro benzene ring substituents is 1. The second kappa shape index (κ2) is 6.14. The fourth-order valence-electron chi connectivity index (χ4n) is 1.87. The summed E-state index contributed by atoms with van der Waals surface area (Å²) in [6.07, 6.45) is 2.28. The van der Waals surface area contributed by atoms with Crippen molar-refractivity contribution in [1.29, 1.82) is 0 Å². The zero-order valence-electron chi connectivity index (χ0n) is 11.8. The molecule has 22 heavy (non-hydrogen) atoms. The van der Waals surface area contributed by atoms with Gasteiger partial charge in [-0.3, -0.25) is 24.7 Å². The van der Waals surface area contributed by atoms with Gasteiger partial charge >= 0.3 is 5.97 Å². The van der Waals surface area contributed by atoms with Gasteiger partial charge in [0.2, 0.25) is 11.1 Å². The molecule has 1 N–H and O–H groups in total. The maximum Gasteiger partial charge on any atom is 0.304 e. The van der Waals surface area contributed by atoms with Gasteiger partial charge in [0, 0.05) is 25.3 Å². The number of thioether (sulfide) groups is 1. The summed E-state index contributed by atoms with van der Waals surface area (Å²) < 4.78 is 5.01. The summed E-state index contributed by atoms with van der Waals surface area (Å²) in [5.41, 5.74) is 0.566. The third kappa shape index (κ3) is 2.93. The standard InChI is InChI=1S/C13H13N3O5S/c1-8(17)21-12-13(22-2,11(18)15-12)14-7-9-3-5-10(6-4-9)16(19)20/h3-7,12H,1-2H3,(H,15,18). The Labute approximate surface area is 130 Å².